The minimum Gasteiger partial charge on any atom is -0.324 e. The number of aromatic nitrogens is 1. The molecule has 0 saturated carbocycles. The third kappa shape index (κ3) is 3.40. The summed E-state index contributed by atoms with van der Waals surface area (Å²) in [7, 11) is 0. The molecule has 2 heterocycles. The number of hydrogen-bond acceptors (Lipinski definition) is 2. The number of nitrogens with zero attached hydrogens (tertiary/aromatic N) is 2. The first-order valence-electron chi connectivity index (χ1n) is 9.17. The Hall–Kier alpha value is -2.88. The first-order valence-corrected chi connectivity index (χ1v) is 9.17. The van der Waals surface area contributed by atoms with Gasteiger partial charge >= 0.3 is 6.03 Å². The van der Waals surface area contributed by atoms with Crippen LogP contribution in [0.2, 0.25) is 0 Å². The number of fused-ring (bicyclic) bond motifs is 1. The predicted molar refractivity (Wildman–Crippen MR) is 105 cm³/mol. The van der Waals surface area contributed by atoms with Gasteiger partial charge < -0.3 is 10.2 Å². The number of aryl methyl sites for hydroxylation is 1. The molecule has 4 heteroatoms. The number of likely N-dealkylation sites (tertiary alicyclic amines) is 1. The van der Waals surface area contributed by atoms with Crippen molar-refractivity contribution in [2.45, 2.75) is 25.7 Å². The number of urea groups is 1. The van der Waals surface area contributed by atoms with Gasteiger partial charge in [-0.2, -0.15) is 0 Å². The minimum atomic E-state index is -0.00751. The van der Waals surface area contributed by atoms with Gasteiger partial charge in [-0.1, -0.05) is 35.9 Å². The molecular formula is C22H23N3O. The molecule has 1 aromatic heterocycles. The molecule has 1 aliphatic rings. The monoisotopic (exact) mass is 345 g/mol. The Labute approximate surface area is 153 Å². The van der Waals surface area contributed by atoms with Crippen molar-refractivity contribution < 1.29 is 4.79 Å². The zero-order valence-corrected chi connectivity index (χ0v) is 15.0. The number of anilines is 1. The average molecular weight is 345 g/mol. The largest absolute Gasteiger partial charge is 0.324 e. The van der Waals surface area contributed by atoms with E-state index < -0.39 is 0 Å². The van der Waals surface area contributed by atoms with Crippen LogP contribution in [0.5, 0.6) is 0 Å². The molecule has 26 heavy (non-hydrogen) atoms. The summed E-state index contributed by atoms with van der Waals surface area (Å²) in [6.07, 6.45) is 3.86. The van der Waals surface area contributed by atoms with Crippen LogP contribution in [0, 0.1) is 6.92 Å². The number of benzene rings is 2. The summed E-state index contributed by atoms with van der Waals surface area (Å²) in [4.78, 5) is 18.9. The summed E-state index contributed by atoms with van der Waals surface area (Å²) in [6, 6.07) is 18.3. The lowest BCUT2D eigenvalue weighted by molar-refractivity contribution is 0.195. The van der Waals surface area contributed by atoms with Crippen LogP contribution in [-0.2, 0) is 0 Å². The van der Waals surface area contributed by atoms with Gasteiger partial charge in [-0.3, -0.25) is 4.98 Å². The molecule has 1 aliphatic heterocycles. The van der Waals surface area contributed by atoms with Crippen LogP contribution in [0.3, 0.4) is 0 Å². The highest BCUT2D eigenvalue weighted by Crippen LogP contribution is 2.32. The van der Waals surface area contributed by atoms with Crippen molar-refractivity contribution in [3.8, 4) is 0 Å². The molecule has 132 valence electrons. The second-order valence-electron chi connectivity index (χ2n) is 6.97. The highest BCUT2D eigenvalue weighted by atomic mass is 16.2. The van der Waals surface area contributed by atoms with E-state index in [9.17, 15) is 4.79 Å². The van der Waals surface area contributed by atoms with Crippen molar-refractivity contribution in [2.24, 2.45) is 0 Å². The summed E-state index contributed by atoms with van der Waals surface area (Å²) in [6.45, 7) is 3.59. The van der Waals surface area contributed by atoms with Gasteiger partial charge in [0.05, 0.1) is 5.52 Å². The fraction of sp³-hybridized carbons (Fsp3) is 0.273. The number of carbonyl (C=O) groups excluding carboxylic acids is 1. The molecule has 0 spiro atoms. The molecule has 0 atom stereocenters. The van der Waals surface area contributed by atoms with Crippen molar-refractivity contribution in [1.29, 1.82) is 0 Å². The van der Waals surface area contributed by atoms with Gasteiger partial charge in [-0.15, -0.1) is 0 Å². The predicted octanol–water partition coefficient (Wildman–Crippen LogP) is 4.95. The molecule has 4 rings (SSSR count). The Morgan fingerprint density at radius 1 is 1.04 bits per heavy atom. The third-order valence-corrected chi connectivity index (χ3v) is 5.21. The lowest BCUT2D eigenvalue weighted by atomic mass is 9.87. The number of hydrogen-bond donors (Lipinski definition) is 1. The molecule has 0 aliphatic carbocycles. The van der Waals surface area contributed by atoms with Crippen LogP contribution in [-0.4, -0.2) is 29.0 Å². The van der Waals surface area contributed by atoms with E-state index >= 15 is 0 Å². The van der Waals surface area contributed by atoms with Gasteiger partial charge in [0.15, 0.2) is 0 Å². The van der Waals surface area contributed by atoms with Gasteiger partial charge in [-0.25, -0.2) is 4.79 Å². The topological polar surface area (TPSA) is 45.2 Å². The maximum absolute atomic E-state index is 12.5. The average Bonchev–Trinajstić information content (AvgIpc) is 2.69. The number of nitrogens with one attached hydrogen (secondary N) is 1. The number of carbonyl (C=O) groups is 1. The van der Waals surface area contributed by atoms with Crippen LogP contribution < -0.4 is 5.32 Å². The molecule has 2 aromatic carbocycles. The summed E-state index contributed by atoms with van der Waals surface area (Å²) < 4.78 is 0. The second-order valence-corrected chi connectivity index (χ2v) is 6.97. The van der Waals surface area contributed by atoms with Gasteiger partial charge in [0.25, 0.3) is 0 Å². The first kappa shape index (κ1) is 16.6. The smallest absolute Gasteiger partial charge is 0.321 e. The number of rotatable bonds is 2. The molecule has 0 bridgehead atoms. The first-order chi connectivity index (χ1) is 12.7. The molecule has 3 aromatic rings. The fourth-order valence-electron chi connectivity index (χ4n) is 3.71. The van der Waals surface area contributed by atoms with Crippen LogP contribution >= 0.6 is 0 Å². The van der Waals surface area contributed by atoms with Crippen LogP contribution in [0.15, 0.2) is 60.8 Å². The maximum atomic E-state index is 12.5. The summed E-state index contributed by atoms with van der Waals surface area (Å²) in [5, 5.41) is 4.23. The Morgan fingerprint density at radius 2 is 1.77 bits per heavy atom. The highest BCUT2D eigenvalue weighted by Gasteiger charge is 2.25. The second kappa shape index (κ2) is 7.16. The van der Waals surface area contributed by atoms with Crippen LogP contribution in [0.4, 0.5) is 10.5 Å². The molecule has 4 nitrogen and oxygen atoms in total. The summed E-state index contributed by atoms with van der Waals surface area (Å²) in [5.41, 5.74) is 4.44. The lowest BCUT2D eigenvalue weighted by Crippen LogP contribution is -2.40. The molecule has 1 fully saturated rings. The lowest BCUT2D eigenvalue weighted by Gasteiger charge is -2.32. The number of para-hydroxylation sites is 1. The van der Waals surface area contributed by atoms with Crippen LogP contribution in [0.1, 0.15) is 29.9 Å². The Kier molecular flexibility index (Phi) is 4.57. The number of amides is 2. The Morgan fingerprint density at radius 3 is 2.54 bits per heavy atom. The van der Waals surface area contributed by atoms with Crippen molar-refractivity contribution in [3.05, 3.63) is 71.9 Å². The van der Waals surface area contributed by atoms with Crippen molar-refractivity contribution in [1.82, 2.24) is 9.88 Å². The van der Waals surface area contributed by atoms with E-state index in [1.165, 1.54) is 16.5 Å². The molecule has 0 unspecified atom stereocenters. The zero-order valence-electron chi connectivity index (χ0n) is 15.0. The van der Waals surface area contributed by atoms with Crippen LogP contribution in [0.25, 0.3) is 10.9 Å². The minimum absolute atomic E-state index is 0.00751. The fourth-order valence-corrected chi connectivity index (χ4v) is 3.71. The molecular weight excluding hydrogens is 322 g/mol. The van der Waals surface area contributed by atoms with Crippen molar-refractivity contribution in [2.75, 3.05) is 18.4 Å². The van der Waals surface area contributed by atoms with Gasteiger partial charge in [0.1, 0.15) is 0 Å². The third-order valence-electron chi connectivity index (χ3n) is 5.21. The molecule has 1 N–H and O–H groups in total. The van der Waals surface area contributed by atoms with E-state index in [0.717, 1.165) is 37.1 Å². The summed E-state index contributed by atoms with van der Waals surface area (Å²) in [5.74, 6) is 0.478. The maximum Gasteiger partial charge on any atom is 0.321 e. The van der Waals surface area contributed by atoms with Crippen molar-refractivity contribution >= 4 is 22.6 Å². The number of piperidine rings is 1. The Balaban J connectivity index is 1.42. The van der Waals surface area contributed by atoms with E-state index in [4.69, 9.17) is 0 Å². The van der Waals surface area contributed by atoms with Gasteiger partial charge in [0.2, 0.25) is 0 Å². The van der Waals surface area contributed by atoms with Gasteiger partial charge in [-0.05, 0) is 55.5 Å². The van der Waals surface area contributed by atoms with Gasteiger partial charge in [0, 0.05) is 30.4 Å². The van der Waals surface area contributed by atoms with E-state index in [1.807, 2.05) is 48.4 Å². The molecule has 0 radical (unpaired) electrons. The molecule has 2 amide bonds. The Bertz CT molecular complexity index is 907. The standard InChI is InChI=1S/C22H23N3O/c1-16-6-8-18(9-7-16)24-22(26)25-14-11-17(12-15-25)19-10-13-23-21-5-3-2-4-20(19)21/h2-10,13,17H,11-12,14-15H2,1H3,(H,24,26). The highest BCUT2D eigenvalue weighted by molar-refractivity contribution is 5.89. The van der Waals surface area contributed by atoms with E-state index in [2.05, 4.69) is 34.6 Å². The molecule has 1 saturated heterocycles. The normalized spacial score (nSPS) is 15.2. The number of pyridine rings is 1. The quantitative estimate of drug-likeness (QED) is 0.714. The van der Waals surface area contributed by atoms with E-state index in [1.54, 1.807) is 0 Å². The zero-order chi connectivity index (χ0) is 17.9. The summed E-state index contributed by atoms with van der Waals surface area (Å²) >= 11 is 0. The van der Waals surface area contributed by atoms with E-state index in [-0.39, 0.29) is 6.03 Å². The SMILES string of the molecule is Cc1ccc(NC(=O)N2CCC(c3ccnc4ccccc34)CC2)cc1. The van der Waals surface area contributed by atoms with Crippen molar-refractivity contribution in [3.63, 3.8) is 0 Å². The van der Waals surface area contributed by atoms with E-state index in [0.29, 0.717) is 5.92 Å².